The highest BCUT2D eigenvalue weighted by Crippen LogP contribution is 2.56. The molecule has 0 aromatic carbocycles. The molecule has 1 fully saturated rings. The highest BCUT2D eigenvalue weighted by molar-refractivity contribution is 5.96. The monoisotopic (exact) mass is 506 g/mol. The van der Waals surface area contributed by atoms with Crippen LogP contribution in [0.1, 0.15) is 70.6 Å². The van der Waals surface area contributed by atoms with Crippen LogP contribution in [0, 0.1) is 6.92 Å². The van der Waals surface area contributed by atoms with Crippen LogP contribution in [0.2, 0.25) is 0 Å². The largest absolute Gasteiger partial charge is 0.455 e. The van der Waals surface area contributed by atoms with E-state index in [-0.39, 0.29) is 23.3 Å². The van der Waals surface area contributed by atoms with Gasteiger partial charge in [-0.2, -0.15) is 10.2 Å². The summed E-state index contributed by atoms with van der Waals surface area (Å²) in [6, 6.07) is 5.68. The first kappa shape index (κ1) is 23.6. The van der Waals surface area contributed by atoms with Gasteiger partial charge < -0.3 is 9.73 Å². The minimum Gasteiger partial charge on any atom is -0.455 e. The van der Waals surface area contributed by atoms with E-state index in [2.05, 4.69) is 15.4 Å². The van der Waals surface area contributed by atoms with E-state index in [0.717, 1.165) is 43.0 Å². The molecule has 1 saturated carbocycles. The van der Waals surface area contributed by atoms with E-state index < -0.39 is 17.4 Å². The average molecular weight is 507 g/mol. The number of amides is 1. The second-order valence-electron chi connectivity index (χ2n) is 10.4. The Morgan fingerprint density at radius 2 is 2.03 bits per heavy atom. The number of aryl methyl sites for hydroxylation is 2. The summed E-state index contributed by atoms with van der Waals surface area (Å²) in [7, 11) is 1.77. The third-order valence-electron chi connectivity index (χ3n) is 7.50. The summed E-state index contributed by atoms with van der Waals surface area (Å²) in [5.74, 6) is -3.95. The van der Waals surface area contributed by atoms with Crippen molar-refractivity contribution in [1.29, 1.82) is 0 Å². The molecule has 0 radical (unpaired) electrons. The molecule has 37 heavy (non-hydrogen) atoms. The molecule has 0 aliphatic heterocycles. The summed E-state index contributed by atoms with van der Waals surface area (Å²) in [5.41, 5.74) is 3.58. The molecule has 2 aliphatic carbocycles. The van der Waals surface area contributed by atoms with Crippen LogP contribution in [-0.2, 0) is 37.9 Å². The van der Waals surface area contributed by atoms with Crippen molar-refractivity contribution >= 4 is 5.91 Å². The van der Waals surface area contributed by atoms with Crippen molar-refractivity contribution in [2.75, 3.05) is 0 Å². The Kier molecular flexibility index (Phi) is 5.32. The van der Waals surface area contributed by atoms with Gasteiger partial charge in [-0.25, -0.2) is 8.78 Å². The van der Waals surface area contributed by atoms with E-state index in [1.807, 2.05) is 25.3 Å². The fourth-order valence-electron chi connectivity index (χ4n) is 5.53. The third-order valence-corrected chi connectivity index (χ3v) is 7.50. The standard InChI is InChI=1S/C27H28F2N6O2/c1-16-5-6-18(30-12-16)14-35-15-19-23(33-35)21-20(11-27(19)8-4-9-27)37-24(22(21)26(2,28)29)25(36)31-13-17-7-10-34(3)32-17/h5-7,10,12,15H,4,8-9,11,13-14H2,1-3H3,(H,31,36). The van der Waals surface area contributed by atoms with Crippen LogP contribution in [0.3, 0.4) is 0 Å². The van der Waals surface area contributed by atoms with E-state index in [0.29, 0.717) is 30.1 Å². The SMILES string of the molecule is Cc1ccc(Cn2cc3c(n2)-c2c(oc(C(=O)NCc4ccn(C)n4)c2C(C)(F)F)CC32CCC2)nc1. The zero-order valence-electron chi connectivity index (χ0n) is 21.0. The Labute approximate surface area is 212 Å². The van der Waals surface area contributed by atoms with Gasteiger partial charge >= 0.3 is 0 Å². The first-order valence-electron chi connectivity index (χ1n) is 12.4. The molecule has 0 bridgehead atoms. The molecule has 6 rings (SSSR count). The van der Waals surface area contributed by atoms with Gasteiger partial charge in [0.25, 0.3) is 11.8 Å². The van der Waals surface area contributed by atoms with Gasteiger partial charge in [-0.3, -0.25) is 19.1 Å². The van der Waals surface area contributed by atoms with Gasteiger partial charge in [-0.15, -0.1) is 0 Å². The molecule has 192 valence electrons. The van der Waals surface area contributed by atoms with Crippen LogP contribution in [0.15, 0.2) is 41.2 Å². The maximum atomic E-state index is 15.1. The maximum Gasteiger partial charge on any atom is 0.287 e. The number of nitrogens with zero attached hydrogens (tertiary/aromatic N) is 5. The summed E-state index contributed by atoms with van der Waals surface area (Å²) < 4.78 is 39.6. The molecule has 0 unspecified atom stereocenters. The normalized spacial score (nSPS) is 15.8. The van der Waals surface area contributed by atoms with Crippen molar-refractivity contribution in [3.63, 3.8) is 0 Å². The number of carbonyl (C=O) groups is 1. The van der Waals surface area contributed by atoms with Crippen LogP contribution in [0.5, 0.6) is 0 Å². The summed E-state index contributed by atoms with van der Waals surface area (Å²) in [6.45, 7) is 3.30. The topological polar surface area (TPSA) is 90.8 Å². The van der Waals surface area contributed by atoms with Gasteiger partial charge in [0.1, 0.15) is 11.5 Å². The highest BCUT2D eigenvalue weighted by atomic mass is 19.3. The van der Waals surface area contributed by atoms with Crippen LogP contribution in [0.25, 0.3) is 11.3 Å². The first-order valence-corrected chi connectivity index (χ1v) is 12.4. The van der Waals surface area contributed by atoms with Crippen LogP contribution in [0.4, 0.5) is 8.78 Å². The zero-order chi connectivity index (χ0) is 25.9. The van der Waals surface area contributed by atoms with E-state index in [4.69, 9.17) is 9.52 Å². The highest BCUT2D eigenvalue weighted by Gasteiger charge is 2.50. The number of alkyl halides is 2. The van der Waals surface area contributed by atoms with Crippen LogP contribution >= 0.6 is 0 Å². The lowest BCUT2D eigenvalue weighted by Crippen LogP contribution is -2.38. The molecular weight excluding hydrogens is 478 g/mol. The molecule has 10 heteroatoms. The lowest BCUT2D eigenvalue weighted by atomic mass is 9.59. The predicted molar refractivity (Wildman–Crippen MR) is 131 cm³/mol. The number of carbonyl (C=O) groups excluding carboxylic acids is 1. The number of fused-ring (bicyclic) bond motifs is 4. The number of pyridine rings is 1. The van der Waals surface area contributed by atoms with Gasteiger partial charge in [-0.1, -0.05) is 12.5 Å². The van der Waals surface area contributed by atoms with Crippen molar-refractivity contribution in [3.05, 3.63) is 76.4 Å². The Morgan fingerprint density at radius 3 is 2.65 bits per heavy atom. The summed E-state index contributed by atoms with van der Waals surface area (Å²) in [5, 5.41) is 11.7. The van der Waals surface area contributed by atoms with E-state index >= 15 is 8.78 Å². The molecule has 1 amide bonds. The minimum absolute atomic E-state index is 0.104. The number of aromatic nitrogens is 5. The van der Waals surface area contributed by atoms with Crippen molar-refractivity contribution in [1.82, 2.24) is 29.9 Å². The molecule has 4 aromatic heterocycles. The zero-order valence-corrected chi connectivity index (χ0v) is 21.0. The molecule has 1 spiro atoms. The molecule has 1 N–H and O–H groups in total. The molecule has 4 heterocycles. The van der Waals surface area contributed by atoms with Crippen molar-refractivity contribution < 1.29 is 18.0 Å². The fraction of sp³-hybridized carbons (Fsp3) is 0.407. The Hall–Kier alpha value is -3.82. The number of hydrogen-bond acceptors (Lipinski definition) is 5. The Bertz CT molecular complexity index is 1490. The van der Waals surface area contributed by atoms with Gasteiger partial charge in [0.15, 0.2) is 0 Å². The number of furan rings is 1. The predicted octanol–water partition coefficient (Wildman–Crippen LogP) is 4.65. The third kappa shape index (κ3) is 4.04. The molecule has 0 atom stereocenters. The van der Waals surface area contributed by atoms with Crippen molar-refractivity contribution in [3.8, 4) is 11.3 Å². The Morgan fingerprint density at radius 1 is 1.22 bits per heavy atom. The van der Waals surface area contributed by atoms with Crippen LogP contribution < -0.4 is 5.32 Å². The van der Waals surface area contributed by atoms with E-state index in [1.165, 1.54) is 0 Å². The smallest absolute Gasteiger partial charge is 0.287 e. The summed E-state index contributed by atoms with van der Waals surface area (Å²) in [4.78, 5) is 17.6. The van der Waals surface area contributed by atoms with E-state index in [1.54, 1.807) is 34.9 Å². The van der Waals surface area contributed by atoms with Gasteiger partial charge in [0.2, 0.25) is 5.76 Å². The fourth-order valence-corrected chi connectivity index (χ4v) is 5.53. The number of halogens is 2. The summed E-state index contributed by atoms with van der Waals surface area (Å²) in [6.07, 6.45) is 8.88. The lowest BCUT2D eigenvalue weighted by Gasteiger charge is -2.43. The maximum absolute atomic E-state index is 15.1. The minimum atomic E-state index is -3.31. The van der Waals surface area contributed by atoms with Gasteiger partial charge in [-0.05, 0) is 37.5 Å². The molecule has 0 saturated heterocycles. The number of nitrogens with one attached hydrogen (secondary N) is 1. The van der Waals surface area contributed by atoms with Crippen molar-refractivity contribution in [2.24, 2.45) is 7.05 Å². The van der Waals surface area contributed by atoms with Crippen molar-refractivity contribution in [2.45, 2.75) is 64.0 Å². The van der Waals surface area contributed by atoms with E-state index in [9.17, 15) is 4.79 Å². The summed E-state index contributed by atoms with van der Waals surface area (Å²) >= 11 is 0. The first-order chi connectivity index (χ1) is 17.6. The number of rotatable bonds is 6. The molecule has 4 aromatic rings. The average Bonchev–Trinajstić information content (AvgIpc) is 3.53. The molecule has 2 aliphatic rings. The second-order valence-corrected chi connectivity index (χ2v) is 10.4. The van der Waals surface area contributed by atoms with Gasteiger partial charge in [0.05, 0.1) is 35.6 Å². The number of hydrogen-bond donors (Lipinski definition) is 1. The quantitative estimate of drug-likeness (QED) is 0.411. The molecule has 8 nitrogen and oxygen atoms in total. The second kappa shape index (κ2) is 8.36. The Balaban J connectivity index is 1.41. The van der Waals surface area contributed by atoms with Gasteiger partial charge in [0, 0.05) is 50.0 Å². The molecular formula is C27H28F2N6O2. The lowest BCUT2D eigenvalue weighted by molar-refractivity contribution is 0.0159. The van der Waals surface area contributed by atoms with Crippen LogP contribution in [-0.4, -0.2) is 30.5 Å².